The van der Waals surface area contributed by atoms with Gasteiger partial charge in [-0.15, -0.1) is 0 Å². The quantitative estimate of drug-likeness (QED) is 0.644. The first-order chi connectivity index (χ1) is 7.20. The zero-order valence-electron chi connectivity index (χ0n) is 7.99. The molecule has 0 aromatic heterocycles. The minimum absolute atomic E-state index is 0.162. The van der Waals surface area contributed by atoms with Crippen molar-refractivity contribution in [1.82, 2.24) is 0 Å². The second-order valence-electron chi connectivity index (χ2n) is 3.31. The summed E-state index contributed by atoms with van der Waals surface area (Å²) in [6.07, 6.45) is 1.37. The zero-order chi connectivity index (χ0) is 10.8. The number of hydrogen-bond donors (Lipinski definition) is 2. The number of aliphatic hydroxyl groups is 1. The molecular weight excluding hydrogens is 314 g/mol. The number of halogens is 2. The first-order valence-corrected chi connectivity index (χ1v) is 8.34. The summed E-state index contributed by atoms with van der Waals surface area (Å²) in [6, 6.07) is 4.38. The molecule has 0 unspecified atom stereocenters. The minimum atomic E-state index is -2.36. The van der Waals surface area contributed by atoms with Crippen LogP contribution in [0.3, 0.4) is 0 Å². The molecule has 0 saturated heterocycles. The van der Waals surface area contributed by atoms with Gasteiger partial charge in [0.25, 0.3) is 0 Å². The number of hydrogen-bond acceptors (Lipinski definition) is 3. The van der Waals surface area contributed by atoms with Gasteiger partial charge in [-0.2, -0.15) is 0 Å². The summed E-state index contributed by atoms with van der Waals surface area (Å²) in [5, 5.41) is 8.86. The number of benzene rings is 1. The Morgan fingerprint density at radius 3 is 3.07 bits per heavy atom. The van der Waals surface area contributed by atoms with Crippen LogP contribution >= 0.6 is 20.2 Å². The van der Waals surface area contributed by atoms with Crippen molar-refractivity contribution in [2.45, 2.75) is 17.0 Å². The number of alkyl halides is 2. The van der Waals surface area contributed by atoms with Crippen molar-refractivity contribution in [2.24, 2.45) is 0 Å². The van der Waals surface area contributed by atoms with E-state index >= 15 is 0 Å². The fraction of sp³-hybridized carbons (Fsp3) is 0.400. The first-order valence-electron chi connectivity index (χ1n) is 4.60. The van der Waals surface area contributed by atoms with E-state index in [0.29, 0.717) is 18.6 Å². The molecule has 1 aliphatic heterocycles. The number of rotatable bonds is 2. The van der Waals surface area contributed by atoms with Gasteiger partial charge < -0.3 is 0 Å². The van der Waals surface area contributed by atoms with E-state index in [1.807, 2.05) is 0 Å². The van der Waals surface area contributed by atoms with Crippen LogP contribution in [-0.4, -0.2) is 17.3 Å². The molecule has 15 heavy (non-hydrogen) atoms. The van der Waals surface area contributed by atoms with E-state index in [0.717, 1.165) is 5.56 Å². The maximum atomic E-state index is 12.9. The van der Waals surface area contributed by atoms with E-state index in [1.165, 1.54) is 12.1 Å². The molecule has 1 heterocycles. The third-order valence-corrected chi connectivity index (χ3v) is 5.50. The standard InChI is InChI=1S/C10H12FIO3/c11-8-2-3-9-7(5-8)1-4-10(15-9)12(14)6-13/h2-3,5,10,13-14H,1,4,6H2/t10-/m0/s1. The van der Waals surface area contributed by atoms with Crippen molar-refractivity contribution >= 4 is 20.2 Å². The molecule has 2 N–H and O–H groups in total. The van der Waals surface area contributed by atoms with Crippen LogP contribution in [0.25, 0.3) is 0 Å². The first kappa shape index (κ1) is 11.1. The van der Waals surface area contributed by atoms with Crippen LogP contribution in [0, 0.1) is 5.82 Å². The van der Waals surface area contributed by atoms with Gasteiger partial charge in [0.15, 0.2) is 0 Å². The van der Waals surface area contributed by atoms with E-state index in [4.69, 9.17) is 9.84 Å². The van der Waals surface area contributed by atoms with Crippen molar-refractivity contribution in [1.29, 1.82) is 0 Å². The Kier molecular flexibility index (Phi) is 3.42. The van der Waals surface area contributed by atoms with Gasteiger partial charge >= 0.3 is 94.8 Å². The summed E-state index contributed by atoms with van der Waals surface area (Å²) >= 11 is -2.36. The fourth-order valence-electron chi connectivity index (χ4n) is 1.58. The van der Waals surface area contributed by atoms with Crippen LogP contribution in [0.5, 0.6) is 5.75 Å². The predicted octanol–water partition coefficient (Wildman–Crippen LogP) is 1.84. The Balaban J connectivity index is 2.16. The van der Waals surface area contributed by atoms with E-state index in [1.54, 1.807) is 6.07 Å². The summed E-state index contributed by atoms with van der Waals surface area (Å²) < 4.78 is 27.6. The van der Waals surface area contributed by atoms with Gasteiger partial charge in [0.05, 0.1) is 0 Å². The number of fused-ring (bicyclic) bond motifs is 1. The molecule has 5 heteroatoms. The predicted molar refractivity (Wildman–Crippen MR) is 62.5 cm³/mol. The number of aryl methyl sites for hydroxylation is 1. The number of aliphatic hydroxyl groups excluding tert-OH is 1. The van der Waals surface area contributed by atoms with E-state index in [9.17, 15) is 7.83 Å². The van der Waals surface area contributed by atoms with Crippen LogP contribution < -0.4 is 4.74 Å². The van der Waals surface area contributed by atoms with Crippen molar-refractivity contribution < 1.29 is 17.7 Å². The van der Waals surface area contributed by atoms with Crippen molar-refractivity contribution in [3.8, 4) is 5.75 Å². The molecule has 1 aliphatic rings. The molecule has 0 bridgehead atoms. The van der Waals surface area contributed by atoms with Gasteiger partial charge in [-0.25, -0.2) is 0 Å². The molecular formula is C10H12FIO3. The molecule has 0 saturated carbocycles. The van der Waals surface area contributed by atoms with Crippen molar-refractivity contribution in [2.75, 3.05) is 4.61 Å². The third-order valence-electron chi connectivity index (χ3n) is 2.32. The van der Waals surface area contributed by atoms with E-state index in [2.05, 4.69) is 0 Å². The van der Waals surface area contributed by atoms with Crippen molar-refractivity contribution in [3.63, 3.8) is 0 Å². The van der Waals surface area contributed by atoms with Gasteiger partial charge in [0, 0.05) is 0 Å². The summed E-state index contributed by atoms with van der Waals surface area (Å²) in [7, 11) is 0. The summed E-state index contributed by atoms with van der Waals surface area (Å²) in [6.45, 7) is 0. The second-order valence-corrected chi connectivity index (χ2v) is 7.50. The van der Waals surface area contributed by atoms with Gasteiger partial charge in [-0.1, -0.05) is 0 Å². The molecule has 0 radical (unpaired) electrons. The number of ether oxygens (including phenoxy) is 1. The van der Waals surface area contributed by atoms with Crippen LogP contribution in [0.15, 0.2) is 18.2 Å². The molecule has 0 aliphatic carbocycles. The van der Waals surface area contributed by atoms with E-state index in [-0.39, 0.29) is 14.5 Å². The molecule has 0 spiro atoms. The van der Waals surface area contributed by atoms with Gasteiger partial charge in [-0.3, -0.25) is 0 Å². The molecule has 1 atom stereocenters. The SMILES string of the molecule is OCI(O)[C@@H]1CCc2cc(F)ccc2O1. The Morgan fingerprint density at radius 2 is 2.33 bits per heavy atom. The third kappa shape index (κ3) is 2.40. The van der Waals surface area contributed by atoms with Crippen molar-refractivity contribution in [3.05, 3.63) is 29.6 Å². The van der Waals surface area contributed by atoms with Crippen LogP contribution in [0.4, 0.5) is 4.39 Å². The Bertz CT molecular complexity index is 359. The average Bonchev–Trinajstić information content (AvgIpc) is 2.27. The Morgan fingerprint density at radius 1 is 1.53 bits per heavy atom. The van der Waals surface area contributed by atoms with Gasteiger partial charge in [0.2, 0.25) is 0 Å². The fourth-order valence-corrected chi connectivity index (χ4v) is 3.62. The second kappa shape index (κ2) is 4.63. The topological polar surface area (TPSA) is 49.7 Å². The molecule has 84 valence electrons. The molecule has 1 aromatic rings. The van der Waals surface area contributed by atoms with Crippen LogP contribution in [0.1, 0.15) is 12.0 Å². The van der Waals surface area contributed by atoms with Gasteiger partial charge in [-0.05, 0) is 0 Å². The van der Waals surface area contributed by atoms with Crippen LogP contribution in [0.2, 0.25) is 0 Å². The molecule has 3 nitrogen and oxygen atoms in total. The molecule has 2 rings (SSSR count). The van der Waals surface area contributed by atoms with Gasteiger partial charge in [0.1, 0.15) is 0 Å². The average molecular weight is 326 g/mol. The maximum absolute atomic E-state index is 12.9. The summed E-state index contributed by atoms with van der Waals surface area (Å²) in [4.78, 5) is 0. The monoisotopic (exact) mass is 326 g/mol. The molecule has 0 fully saturated rings. The normalized spacial score (nSPS) is 20.5. The Hall–Kier alpha value is -0.400. The Labute approximate surface area is 94.8 Å². The summed E-state index contributed by atoms with van der Waals surface area (Å²) in [5.41, 5.74) is 0.841. The van der Waals surface area contributed by atoms with Crippen LogP contribution in [-0.2, 0) is 6.42 Å². The summed E-state index contributed by atoms with van der Waals surface area (Å²) in [5.74, 6) is 0.370. The molecule has 1 aromatic carbocycles. The molecule has 0 amide bonds. The zero-order valence-corrected chi connectivity index (χ0v) is 10.1. The van der Waals surface area contributed by atoms with E-state index < -0.39 is 20.2 Å².